The van der Waals surface area contributed by atoms with Crippen molar-refractivity contribution in [2.45, 2.75) is 31.3 Å². The van der Waals surface area contributed by atoms with Gasteiger partial charge in [0.15, 0.2) is 16.7 Å². The van der Waals surface area contributed by atoms with Crippen LogP contribution in [0.25, 0.3) is 10.9 Å². The summed E-state index contributed by atoms with van der Waals surface area (Å²) in [6.45, 7) is 4.65. The lowest BCUT2D eigenvalue weighted by Crippen LogP contribution is -2.24. The Morgan fingerprint density at radius 1 is 0.914 bits per heavy atom. The van der Waals surface area contributed by atoms with E-state index in [2.05, 4.69) is 32.0 Å². The molecule has 0 saturated heterocycles. The standard InChI is InChI=1S/C27H28ClN3O3S/c1-16-6-7-17(2)19(10-16)15-35-27-30-22-13-25(34-5)24(33-4)12-20(22)26(29)31(27)14-18-8-9-23(32-3)21(28)11-18/h6-13,29H,14-15H2,1-5H3. The van der Waals surface area contributed by atoms with E-state index in [1.54, 1.807) is 39.2 Å². The number of benzene rings is 3. The second kappa shape index (κ2) is 10.6. The van der Waals surface area contributed by atoms with E-state index in [4.69, 9.17) is 36.2 Å². The van der Waals surface area contributed by atoms with Crippen LogP contribution >= 0.6 is 23.4 Å². The van der Waals surface area contributed by atoms with Gasteiger partial charge >= 0.3 is 0 Å². The third kappa shape index (κ3) is 5.26. The molecule has 0 bridgehead atoms. The summed E-state index contributed by atoms with van der Waals surface area (Å²) in [6, 6.07) is 15.7. The quantitative estimate of drug-likeness (QED) is 0.228. The van der Waals surface area contributed by atoms with Crippen LogP contribution in [0, 0.1) is 19.3 Å². The average molecular weight is 510 g/mol. The Morgan fingerprint density at radius 2 is 1.63 bits per heavy atom. The predicted molar refractivity (Wildman–Crippen MR) is 141 cm³/mol. The molecule has 182 valence electrons. The van der Waals surface area contributed by atoms with Crippen molar-refractivity contribution in [2.75, 3.05) is 21.3 Å². The maximum atomic E-state index is 9.08. The SMILES string of the molecule is COc1ccc(Cn2c(SCc3cc(C)ccc3C)nc3cc(OC)c(OC)cc3c2=N)cc1Cl. The topological polar surface area (TPSA) is 69.4 Å². The summed E-state index contributed by atoms with van der Waals surface area (Å²) in [5.74, 6) is 2.49. The summed E-state index contributed by atoms with van der Waals surface area (Å²) in [5, 5.41) is 11.0. The first-order chi connectivity index (χ1) is 16.8. The van der Waals surface area contributed by atoms with E-state index in [9.17, 15) is 0 Å². The van der Waals surface area contributed by atoms with Crippen molar-refractivity contribution in [3.05, 3.63) is 81.3 Å². The van der Waals surface area contributed by atoms with Gasteiger partial charge in [-0.15, -0.1) is 0 Å². The summed E-state index contributed by atoms with van der Waals surface area (Å²) < 4.78 is 18.2. The average Bonchev–Trinajstić information content (AvgIpc) is 2.85. The highest BCUT2D eigenvalue weighted by atomic mass is 35.5. The normalized spacial score (nSPS) is 11.0. The molecule has 0 aliphatic carbocycles. The zero-order valence-corrected chi connectivity index (χ0v) is 22.0. The van der Waals surface area contributed by atoms with E-state index < -0.39 is 0 Å². The number of aromatic nitrogens is 2. The fourth-order valence-electron chi connectivity index (χ4n) is 3.90. The molecule has 3 aromatic carbocycles. The van der Waals surface area contributed by atoms with Crippen LogP contribution in [0.5, 0.6) is 17.2 Å². The van der Waals surface area contributed by atoms with Crippen LogP contribution in [0.4, 0.5) is 0 Å². The molecule has 1 aromatic heterocycles. The number of hydrogen-bond acceptors (Lipinski definition) is 6. The Labute approximate surface area is 214 Å². The van der Waals surface area contributed by atoms with Gasteiger partial charge in [-0.05, 0) is 48.7 Å². The Balaban J connectivity index is 1.83. The van der Waals surface area contributed by atoms with Crippen LogP contribution in [-0.2, 0) is 12.3 Å². The van der Waals surface area contributed by atoms with Crippen molar-refractivity contribution in [2.24, 2.45) is 0 Å². The summed E-state index contributed by atoms with van der Waals surface area (Å²) in [4.78, 5) is 4.95. The predicted octanol–water partition coefficient (Wildman–Crippen LogP) is 6.15. The van der Waals surface area contributed by atoms with E-state index in [0.29, 0.717) is 45.2 Å². The van der Waals surface area contributed by atoms with Crippen LogP contribution in [-0.4, -0.2) is 30.9 Å². The molecule has 0 atom stereocenters. The summed E-state index contributed by atoms with van der Waals surface area (Å²) in [6.07, 6.45) is 0. The molecular formula is C27H28ClN3O3S. The van der Waals surface area contributed by atoms with Crippen molar-refractivity contribution in [1.82, 2.24) is 9.55 Å². The second-order valence-corrected chi connectivity index (χ2v) is 9.59. The van der Waals surface area contributed by atoms with Gasteiger partial charge in [0.05, 0.1) is 38.4 Å². The highest BCUT2D eigenvalue weighted by Gasteiger charge is 2.15. The number of rotatable bonds is 8. The lowest BCUT2D eigenvalue weighted by atomic mass is 10.1. The van der Waals surface area contributed by atoms with Gasteiger partial charge in [0, 0.05) is 17.2 Å². The van der Waals surface area contributed by atoms with Gasteiger partial charge in [0.2, 0.25) is 0 Å². The third-order valence-corrected chi connectivity index (χ3v) is 7.21. The number of methoxy groups -OCH3 is 3. The maximum absolute atomic E-state index is 9.08. The summed E-state index contributed by atoms with van der Waals surface area (Å²) >= 11 is 7.99. The monoisotopic (exact) mass is 509 g/mol. The Hall–Kier alpha value is -3.16. The van der Waals surface area contributed by atoms with Gasteiger partial charge in [0.25, 0.3) is 0 Å². The molecule has 0 aliphatic rings. The molecule has 0 fully saturated rings. The molecule has 1 N–H and O–H groups in total. The summed E-state index contributed by atoms with van der Waals surface area (Å²) in [5.41, 5.74) is 5.66. The van der Waals surface area contributed by atoms with Crippen molar-refractivity contribution >= 4 is 34.3 Å². The maximum Gasteiger partial charge on any atom is 0.170 e. The minimum absolute atomic E-state index is 0.339. The number of nitrogens with one attached hydrogen (secondary N) is 1. The van der Waals surface area contributed by atoms with Crippen LogP contribution in [0.1, 0.15) is 22.3 Å². The Bertz CT molecular complexity index is 1450. The highest BCUT2D eigenvalue weighted by Crippen LogP contribution is 2.32. The lowest BCUT2D eigenvalue weighted by molar-refractivity contribution is 0.355. The van der Waals surface area contributed by atoms with Gasteiger partial charge in [-0.2, -0.15) is 0 Å². The van der Waals surface area contributed by atoms with Crippen LogP contribution < -0.4 is 19.7 Å². The van der Waals surface area contributed by atoms with Gasteiger partial charge in [-0.3, -0.25) is 5.41 Å². The van der Waals surface area contributed by atoms with E-state index in [1.807, 2.05) is 28.8 Å². The number of ether oxygens (including phenoxy) is 3. The first-order valence-corrected chi connectivity index (χ1v) is 12.4. The smallest absolute Gasteiger partial charge is 0.170 e. The molecule has 8 heteroatoms. The Kier molecular flexibility index (Phi) is 7.57. The van der Waals surface area contributed by atoms with Gasteiger partial charge in [0.1, 0.15) is 11.2 Å². The van der Waals surface area contributed by atoms with Gasteiger partial charge < -0.3 is 18.8 Å². The first-order valence-electron chi connectivity index (χ1n) is 11.1. The number of fused-ring (bicyclic) bond motifs is 1. The largest absolute Gasteiger partial charge is 0.495 e. The molecule has 0 saturated carbocycles. The molecule has 0 unspecified atom stereocenters. The van der Waals surface area contributed by atoms with Crippen molar-refractivity contribution in [3.8, 4) is 17.2 Å². The minimum Gasteiger partial charge on any atom is -0.495 e. The van der Waals surface area contributed by atoms with Crippen molar-refractivity contribution in [3.63, 3.8) is 0 Å². The molecule has 0 amide bonds. The molecule has 0 spiro atoms. The number of aryl methyl sites for hydroxylation is 2. The van der Waals surface area contributed by atoms with E-state index in [1.165, 1.54) is 16.7 Å². The fraction of sp³-hybridized carbons (Fsp3) is 0.259. The van der Waals surface area contributed by atoms with Crippen LogP contribution in [0.15, 0.2) is 53.7 Å². The highest BCUT2D eigenvalue weighted by molar-refractivity contribution is 7.98. The summed E-state index contributed by atoms with van der Waals surface area (Å²) in [7, 11) is 4.77. The minimum atomic E-state index is 0.339. The molecule has 4 rings (SSSR count). The third-order valence-electron chi connectivity index (χ3n) is 5.89. The number of nitrogens with zero attached hydrogens (tertiary/aromatic N) is 2. The molecule has 0 radical (unpaired) electrons. The fourth-order valence-corrected chi connectivity index (χ4v) is 5.25. The molecule has 1 heterocycles. The number of thioether (sulfide) groups is 1. The van der Waals surface area contributed by atoms with Crippen LogP contribution in [0.3, 0.4) is 0 Å². The first kappa shape index (κ1) is 24.9. The van der Waals surface area contributed by atoms with E-state index in [-0.39, 0.29) is 0 Å². The van der Waals surface area contributed by atoms with Gasteiger partial charge in [-0.25, -0.2) is 4.98 Å². The molecule has 4 aromatic rings. The molecule has 35 heavy (non-hydrogen) atoms. The van der Waals surface area contributed by atoms with Gasteiger partial charge in [-0.1, -0.05) is 53.2 Å². The number of halogens is 1. The van der Waals surface area contributed by atoms with E-state index >= 15 is 0 Å². The number of hydrogen-bond donors (Lipinski definition) is 1. The van der Waals surface area contributed by atoms with E-state index in [0.717, 1.165) is 16.5 Å². The zero-order chi connectivity index (χ0) is 25.1. The second-order valence-electron chi connectivity index (χ2n) is 8.24. The van der Waals surface area contributed by atoms with Crippen LogP contribution in [0.2, 0.25) is 5.02 Å². The lowest BCUT2D eigenvalue weighted by Gasteiger charge is -2.17. The van der Waals surface area contributed by atoms with Crippen molar-refractivity contribution in [1.29, 1.82) is 5.41 Å². The zero-order valence-electron chi connectivity index (χ0n) is 20.4. The molecular weight excluding hydrogens is 482 g/mol. The van der Waals surface area contributed by atoms with Crippen molar-refractivity contribution < 1.29 is 14.2 Å². The Morgan fingerprint density at radius 3 is 2.31 bits per heavy atom. The molecule has 6 nitrogen and oxygen atoms in total. The molecule has 0 aliphatic heterocycles.